The minimum Gasteiger partial charge on any atom is -0.493 e. The lowest BCUT2D eigenvalue weighted by Crippen LogP contribution is -2.10. The number of alkyl halides is 4. The van der Waals surface area contributed by atoms with Gasteiger partial charge in [0.05, 0.1) is 24.7 Å². The van der Waals surface area contributed by atoms with Crippen LogP contribution >= 0.6 is 15.9 Å². The SMILES string of the molecule is COc1cc(CBr)c([N+](=O)[O-])cc1OCCCC(F)(F)F. The lowest BCUT2D eigenvalue weighted by atomic mass is 10.2. The van der Waals surface area contributed by atoms with E-state index in [4.69, 9.17) is 9.47 Å². The van der Waals surface area contributed by atoms with Gasteiger partial charge in [0.15, 0.2) is 11.5 Å². The van der Waals surface area contributed by atoms with Crippen molar-refractivity contribution in [2.75, 3.05) is 13.7 Å². The molecule has 0 bridgehead atoms. The van der Waals surface area contributed by atoms with Crippen LogP contribution < -0.4 is 9.47 Å². The Morgan fingerprint density at radius 2 is 2.00 bits per heavy atom. The second-order valence-electron chi connectivity index (χ2n) is 4.09. The summed E-state index contributed by atoms with van der Waals surface area (Å²) in [5.74, 6) is 0.290. The normalized spacial score (nSPS) is 11.3. The van der Waals surface area contributed by atoms with Crippen LogP contribution in [0.2, 0.25) is 0 Å². The molecule has 0 unspecified atom stereocenters. The molecular formula is C12H13BrF3NO4. The fourth-order valence-corrected chi connectivity index (χ4v) is 2.04. The third-order valence-electron chi connectivity index (χ3n) is 2.57. The summed E-state index contributed by atoms with van der Waals surface area (Å²) in [5.41, 5.74) is 0.206. The quantitative estimate of drug-likeness (QED) is 0.311. The molecule has 1 aromatic rings. The summed E-state index contributed by atoms with van der Waals surface area (Å²) >= 11 is 3.12. The van der Waals surface area contributed by atoms with E-state index >= 15 is 0 Å². The van der Waals surface area contributed by atoms with Crippen LogP contribution in [0.3, 0.4) is 0 Å². The standard InChI is InChI=1S/C12H13BrF3NO4/c1-20-10-5-8(7-13)9(17(18)19)6-11(10)21-4-2-3-12(14,15)16/h5-6H,2-4,7H2,1H3. The van der Waals surface area contributed by atoms with Gasteiger partial charge in [0.25, 0.3) is 5.69 Å². The van der Waals surface area contributed by atoms with Crippen LogP contribution in [0.25, 0.3) is 0 Å². The first-order chi connectivity index (χ1) is 9.78. The van der Waals surface area contributed by atoms with Crippen molar-refractivity contribution >= 4 is 21.6 Å². The highest BCUT2D eigenvalue weighted by molar-refractivity contribution is 9.08. The van der Waals surface area contributed by atoms with Gasteiger partial charge in [-0.05, 0) is 12.5 Å². The topological polar surface area (TPSA) is 61.6 Å². The summed E-state index contributed by atoms with van der Waals surface area (Å²) in [4.78, 5) is 10.3. The summed E-state index contributed by atoms with van der Waals surface area (Å²) in [6, 6.07) is 2.58. The molecule has 0 heterocycles. The Morgan fingerprint density at radius 3 is 2.48 bits per heavy atom. The smallest absolute Gasteiger partial charge is 0.389 e. The molecule has 0 aliphatic rings. The maximum absolute atomic E-state index is 12.0. The zero-order valence-corrected chi connectivity index (χ0v) is 12.7. The molecule has 0 fully saturated rings. The molecule has 0 saturated heterocycles. The molecule has 5 nitrogen and oxygen atoms in total. The number of benzene rings is 1. The largest absolute Gasteiger partial charge is 0.493 e. The molecule has 0 radical (unpaired) electrons. The van der Waals surface area contributed by atoms with E-state index in [2.05, 4.69) is 15.9 Å². The average Bonchev–Trinajstić information content (AvgIpc) is 2.41. The molecule has 0 atom stereocenters. The molecule has 21 heavy (non-hydrogen) atoms. The zero-order chi connectivity index (χ0) is 16.0. The lowest BCUT2D eigenvalue weighted by Gasteiger charge is -2.12. The Labute approximate surface area is 127 Å². The van der Waals surface area contributed by atoms with E-state index in [-0.39, 0.29) is 35.5 Å². The number of methoxy groups -OCH3 is 1. The zero-order valence-electron chi connectivity index (χ0n) is 11.1. The number of nitrogens with zero attached hydrogens (tertiary/aromatic N) is 1. The first-order valence-electron chi connectivity index (χ1n) is 5.89. The maximum Gasteiger partial charge on any atom is 0.389 e. The third kappa shape index (κ3) is 5.41. The van der Waals surface area contributed by atoms with Gasteiger partial charge in [-0.2, -0.15) is 13.2 Å². The number of hydrogen-bond acceptors (Lipinski definition) is 4. The van der Waals surface area contributed by atoms with Gasteiger partial charge in [0.2, 0.25) is 0 Å². The fraction of sp³-hybridized carbons (Fsp3) is 0.500. The Hall–Kier alpha value is -1.51. The van der Waals surface area contributed by atoms with Crippen molar-refractivity contribution in [1.29, 1.82) is 0 Å². The van der Waals surface area contributed by atoms with Crippen molar-refractivity contribution in [3.05, 3.63) is 27.8 Å². The van der Waals surface area contributed by atoms with Crippen LogP contribution in [0.1, 0.15) is 18.4 Å². The number of halogens is 4. The van der Waals surface area contributed by atoms with Crippen LogP contribution in [0.5, 0.6) is 11.5 Å². The molecule has 1 aromatic carbocycles. The number of nitro groups is 1. The highest BCUT2D eigenvalue weighted by atomic mass is 79.9. The molecule has 9 heteroatoms. The van der Waals surface area contributed by atoms with E-state index in [0.717, 1.165) is 6.07 Å². The van der Waals surface area contributed by atoms with Gasteiger partial charge in [-0.25, -0.2) is 0 Å². The predicted molar refractivity (Wildman–Crippen MR) is 73.1 cm³/mol. The first-order valence-corrected chi connectivity index (χ1v) is 7.01. The molecular weight excluding hydrogens is 359 g/mol. The highest BCUT2D eigenvalue weighted by Crippen LogP contribution is 2.36. The van der Waals surface area contributed by atoms with Gasteiger partial charge < -0.3 is 9.47 Å². The summed E-state index contributed by atoms with van der Waals surface area (Å²) in [6.45, 7) is -0.208. The van der Waals surface area contributed by atoms with Crippen molar-refractivity contribution in [3.63, 3.8) is 0 Å². The van der Waals surface area contributed by atoms with Crippen LogP contribution in [-0.4, -0.2) is 24.8 Å². The maximum atomic E-state index is 12.0. The van der Waals surface area contributed by atoms with E-state index in [0.29, 0.717) is 5.56 Å². The van der Waals surface area contributed by atoms with Crippen LogP contribution in [0.15, 0.2) is 12.1 Å². The van der Waals surface area contributed by atoms with Gasteiger partial charge in [-0.1, -0.05) is 15.9 Å². The number of rotatable bonds is 7. The van der Waals surface area contributed by atoms with Crippen molar-refractivity contribution in [1.82, 2.24) is 0 Å². The molecule has 0 amide bonds. The Kier molecular flexibility index (Phi) is 6.25. The van der Waals surface area contributed by atoms with Gasteiger partial charge in [-0.3, -0.25) is 10.1 Å². The number of hydrogen-bond donors (Lipinski definition) is 0. The van der Waals surface area contributed by atoms with Crippen LogP contribution in [-0.2, 0) is 5.33 Å². The second kappa shape index (κ2) is 7.48. The van der Waals surface area contributed by atoms with Gasteiger partial charge in [-0.15, -0.1) is 0 Å². The summed E-state index contributed by atoms with van der Waals surface area (Å²) in [5, 5.41) is 11.2. The Morgan fingerprint density at radius 1 is 1.33 bits per heavy atom. The van der Waals surface area contributed by atoms with Crippen LogP contribution in [0.4, 0.5) is 18.9 Å². The van der Waals surface area contributed by atoms with Crippen molar-refractivity contribution in [2.45, 2.75) is 24.3 Å². The highest BCUT2D eigenvalue weighted by Gasteiger charge is 2.26. The van der Waals surface area contributed by atoms with Crippen molar-refractivity contribution in [3.8, 4) is 11.5 Å². The van der Waals surface area contributed by atoms with Crippen molar-refractivity contribution in [2.24, 2.45) is 0 Å². The summed E-state index contributed by atoms with van der Waals surface area (Å²) < 4.78 is 46.3. The van der Waals surface area contributed by atoms with E-state index in [1.807, 2.05) is 0 Å². The predicted octanol–water partition coefficient (Wildman–Crippen LogP) is 4.22. The van der Waals surface area contributed by atoms with E-state index in [1.165, 1.54) is 13.2 Å². The van der Waals surface area contributed by atoms with Gasteiger partial charge >= 0.3 is 6.18 Å². The lowest BCUT2D eigenvalue weighted by molar-refractivity contribution is -0.385. The molecule has 0 saturated carbocycles. The number of nitro benzene ring substituents is 1. The summed E-state index contributed by atoms with van der Waals surface area (Å²) in [6.07, 6.45) is -5.46. The minimum atomic E-state index is -4.25. The van der Waals surface area contributed by atoms with E-state index < -0.39 is 17.5 Å². The molecule has 0 spiro atoms. The Balaban J connectivity index is 2.85. The third-order valence-corrected chi connectivity index (χ3v) is 3.17. The second-order valence-corrected chi connectivity index (χ2v) is 4.65. The molecule has 0 N–H and O–H groups in total. The minimum absolute atomic E-state index is 0.0519. The fourth-order valence-electron chi connectivity index (χ4n) is 1.60. The Bertz CT molecular complexity index is 508. The number of ether oxygens (including phenoxy) is 2. The molecule has 0 aromatic heterocycles. The molecule has 118 valence electrons. The van der Waals surface area contributed by atoms with Gasteiger partial charge in [0.1, 0.15) is 0 Å². The van der Waals surface area contributed by atoms with Gasteiger partial charge in [0, 0.05) is 17.3 Å². The van der Waals surface area contributed by atoms with Crippen molar-refractivity contribution < 1.29 is 27.6 Å². The molecule has 1 rings (SSSR count). The van der Waals surface area contributed by atoms with E-state index in [1.54, 1.807) is 0 Å². The van der Waals surface area contributed by atoms with Crippen LogP contribution in [0, 0.1) is 10.1 Å². The first kappa shape index (κ1) is 17.5. The monoisotopic (exact) mass is 371 g/mol. The molecule has 0 aliphatic carbocycles. The summed E-state index contributed by atoms with van der Waals surface area (Å²) in [7, 11) is 1.35. The van der Waals surface area contributed by atoms with E-state index in [9.17, 15) is 23.3 Å². The average molecular weight is 372 g/mol. The molecule has 0 aliphatic heterocycles.